The van der Waals surface area contributed by atoms with Gasteiger partial charge in [0.15, 0.2) is 5.69 Å². The number of esters is 1. The highest BCUT2D eigenvalue weighted by Gasteiger charge is 2.15. The molecular weight excluding hydrogens is 230 g/mol. The summed E-state index contributed by atoms with van der Waals surface area (Å²) in [6.45, 7) is 0. The van der Waals surface area contributed by atoms with Crippen molar-refractivity contribution in [2.45, 2.75) is 44.6 Å². The SMILES string of the molecule is COC(=O)c1cccc(OC2CCCCCC2)n1. The molecule has 0 bridgehead atoms. The van der Waals surface area contributed by atoms with Gasteiger partial charge in [-0.25, -0.2) is 9.78 Å². The minimum absolute atomic E-state index is 0.230. The maximum atomic E-state index is 11.4. The number of hydrogen-bond acceptors (Lipinski definition) is 4. The van der Waals surface area contributed by atoms with Crippen LogP contribution >= 0.6 is 0 Å². The van der Waals surface area contributed by atoms with Crippen molar-refractivity contribution in [3.8, 4) is 5.88 Å². The Kier molecular flexibility index (Phi) is 4.56. The summed E-state index contributed by atoms with van der Waals surface area (Å²) >= 11 is 0. The monoisotopic (exact) mass is 249 g/mol. The summed E-state index contributed by atoms with van der Waals surface area (Å²) < 4.78 is 10.5. The van der Waals surface area contributed by atoms with Crippen LogP contribution in [0.25, 0.3) is 0 Å². The van der Waals surface area contributed by atoms with Crippen LogP contribution in [0.5, 0.6) is 5.88 Å². The topological polar surface area (TPSA) is 48.4 Å². The van der Waals surface area contributed by atoms with Crippen LogP contribution in [0.3, 0.4) is 0 Å². The van der Waals surface area contributed by atoms with Gasteiger partial charge in [-0.05, 0) is 31.7 Å². The van der Waals surface area contributed by atoms with E-state index in [2.05, 4.69) is 9.72 Å². The van der Waals surface area contributed by atoms with Crippen molar-refractivity contribution in [3.63, 3.8) is 0 Å². The highest BCUT2D eigenvalue weighted by Crippen LogP contribution is 2.21. The molecule has 1 aromatic rings. The second-order valence-corrected chi connectivity index (χ2v) is 4.58. The van der Waals surface area contributed by atoms with Crippen LogP contribution in [0.1, 0.15) is 49.0 Å². The number of rotatable bonds is 3. The Morgan fingerprint density at radius 1 is 1.22 bits per heavy atom. The Morgan fingerprint density at radius 3 is 2.61 bits per heavy atom. The van der Waals surface area contributed by atoms with Crippen molar-refractivity contribution in [3.05, 3.63) is 23.9 Å². The van der Waals surface area contributed by atoms with Gasteiger partial charge in [-0.15, -0.1) is 0 Å². The lowest BCUT2D eigenvalue weighted by atomic mass is 10.1. The van der Waals surface area contributed by atoms with Gasteiger partial charge in [0, 0.05) is 6.07 Å². The fraction of sp³-hybridized carbons (Fsp3) is 0.571. The molecule has 18 heavy (non-hydrogen) atoms. The van der Waals surface area contributed by atoms with Gasteiger partial charge in [-0.3, -0.25) is 0 Å². The van der Waals surface area contributed by atoms with E-state index in [-0.39, 0.29) is 6.10 Å². The standard InChI is InChI=1S/C14H19NO3/c1-17-14(16)12-9-6-10-13(15-12)18-11-7-4-2-3-5-8-11/h6,9-11H,2-5,7-8H2,1H3. The zero-order valence-corrected chi connectivity index (χ0v) is 10.7. The van der Waals surface area contributed by atoms with Gasteiger partial charge in [0.25, 0.3) is 0 Å². The maximum Gasteiger partial charge on any atom is 0.356 e. The second kappa shape index (κ2) is 6.38. The fourth-order valence-electron chi connectivity index (χ4n) is 2.23. The summed E-state index contributed by atoms with van der Waals surface area (Å²) in [6.07, 6.45) is 7.37. The first-order chi connectivity index (χ1) is 8.79. The first-order valence-corrected chi connectivity index (χ1v) is 6.51. The van der Waals surface area contributed by atoms with E-state index in [1.54, 1.807) is 18.2 Å². The Hall–Kier alpha value is -1.58. The van der Waals surface area contributed by atoms with Gasteiger partial charge in [-0.2, -0.15) is 0 Å². The summed E-state index contributed by atoms with van der Waals surface area (Å²) in [5.74, 6) is 0.0890. The fourth-order valence-corrected chi connectivity index (χ4v) is 2.23. The third kappa shape index (κ3) is 3.45. The molecule has 1 saturated carbocycles. The van der Waals surface area contributed by atoms with Gasteiger partial charge in [0.05, 0.1) is 7.11 Å². The summed E-state index contributed by atoms with van der Waals surface area (Å²) in [5, 5.41) is 0. The van der Waals surface area contributed by atoms with E-state index in [9.17, 15) is 4.79 Å². The van der Waals surface area contributed by atoms with Crippen LogP contribution in [0.15, 0.2) is 18.2 Å². The van der Waals surface area contributed by atoms with Crippen LogP contribution in [-0.2, 0) is 4.74 Å². The average Bonchev–Trinajstić information content (AvgIpc) is 2.67. The van der Waals surface area contributed by atoms with Crippen molar-refractivity contribution >= 4 is 5.97 Å². The van der Waals surface area contributed by atoms with Crippen LogP contribution in [0, 0.1) is 0 Å². The van der Waals surface area contributed by atoms with E-state index < -0.39 is 5.97 Å². The van der Waals surface area contributed by atoms with Gasteiger partial charge < -0.3 is 9.47 Å². The summed E-state index contributed by atoms with van der Waals surface area (Å²) in [7, 11) is 1.35. The normalized spacial score (nSPS) is 16.9. The van der Waals surface area contributed by atoms with Gasteiger partial charge in [0.1, 0.15) is 6.10 Å². The minimum Gasteiger partial charge on any atom is -0.474 e. The predicted molar refractivity (Wildman–Crippen MR) is 67.7 cm³/mol. The Morgan fingerprint density at radius 2 is 1.94 bits per heavy atom. The number of aromatic nitrogens is 1. The van der Waals surface area contributed by atoms with E-state index >= 15 is 0 Å². The molecule has 0 radical (unpaired) electrons. The predicted octanol–water partition coefficient (Wildman–Crippen LogP) is 2.97. The zero-order valence-electron chi connectivity index (χ0n) is 10.7. The van der Waals surface area contributed by atoms with Crippen molar-refractivity contribution in [2.24, 2.45) is 0 Å². The van der Waals surface area contributed by atoms with E-state index in [0.29, 0.717) is 11.6 Å². The summed E-state index contributed by atoms with van der Waals surface area (Å²) in [6, 6.07) is 5.19. The molecule has 1 heterocycles. The molecule has 4 heteroatoms. The Labute approximate surface area is 107 Å². The van der Waals surface area contributed by atoms with Gasteiger partial charge >= 0.3 is 5.97 Å². The maximum absolute atomic E-state index is 11.4. The Bertz CT molecular complexity index is 398. The number of nitrogens with zero attached hydrogens (tertiary/aromatic N) is 1. The highest BCUT2D eigenvalue weighted by atomic mass is 16.5. The first-order valence-electron chi connectivity index (χ1n) is 6.51. The lowest BCUT2D eigenvalue weighted by Gasteiger charge is -2.16. The molecule has 1 aliphatic rings. The van der Waals surface area contributed by atoms with Crippen LogP contribution in [0.2, 0.25) is 0 Å². The third-order valence-electron chi connectivity index (χ3n) is 3.21. The average molecular weight is 249 g/mol. The number of ether oxygens (including phenoxy) is 2. The second-order valence-electron chi connectivity index (χ2n) is 4.58. The quantitative estimate of drug-likeness (QED) is 0.610. The molecule has 1 aromatic heterocycles. The zero-order chi connectivity index (χ0) is 12.8. The van der Waals surface area contributed by atoms with E-state index in [1.165, 1.54) is 32.8 Å². The highest BCUT2D eigenvalue weighted by molar-refractivity contribution is 5.87. The molecular formula is C14H19NO3. The molecule has 0 aliphatic heterocycles. The summed E-state index contributed by atoms with van der Waals surface area (Å²) in [5.41, 5.74) is 0.295. The summed E-state index contributed by atoms with van der Waals surface area (Å²) in [4.78, 5) is 15.5. The molecule has 1 aliphatic carbocycles. The minimum atomic E-state index is -0.429. The molecule has 0 amide bonds. The van der Waals surface area contributed by atoms with E-state index in [4.69, 9.17) is 4.74 Å². The number of carbonyl (C=O) groups is 1. The third-order valence-corrected chi connectivity index (χ3v) is 3.21. The van der Waals surface area contributed by atoms with Gasteiger partial charge in [-0.1, -0.05) is 18.9 Å². The molecule has 98 valence electrons. The van der Waals surface area contributed by atoms with Crippen LogP contribution < -0.4 is 4.74 Å². The molecule has 0 unspecified atom stereocenters. The molecule has 0 N–H and O–H groups in total. The molecule has 0 spiro atoms. The van der Waals surface area contributed by atoms with E-state index in [0.717, 1.165) is 12.8 Å². The Balaban J connectivity index is 2.01. The largest absolute Gasteiger partial charge is 0.474 e. The number of pyridine rings is 1. The molecule has 2 rings (SSSR count). The van der Waals surface area contributed by atoms with Crippen molar-refractivity contribution in [1.82, 2.24) is 4.98 Å². The lowest BCUT2D eigenvalue weighted by molar-refractivity contribution is 0.0591. The van der Waals surface area contributed by atoms with Crippen molar-refractivity contribution in [2.75, 3.05) is 7.11 Å². The van der Waals surface area contributed by atoms with Crippen LogP contribution in [0.4, 0.5) is 0 Å². The van der Waals surface area contributed by atoms with Crippen molar-refractivity contribution in [1.29, 1.82) is 0 Å². The van der Waals surface area contributed by atoms with Crippen molar-refractivity contribution < 1.29 is 14.3 Å². The lowest BCUT2D eigenvalue weighted by Crippen LogP contribution is -2.16. The number of hydrogen-bond donors (Lipinski definition) is 0. The first kappa shape index (κ1) is 12.9. The molecule has 0 atom stereocenters. The number of carbonyl (C=O) groups excluding carboxylic acids is 1. The smallest absolute Gasteiger partial charge is 0.356 e. The molecule has 0 aromatic carbocycles. The van der Waals surface area contributed by atoms with Gasteiger partial charge in [0.2, 0.25) is 5.88 Å². The number of methoxy groups -OCH3 is 1. The van der Waals surface area contributed by atoms with E-state index in [1.807, 2.05) is 0 Å². The molecule has 1 fully saturated rings. The molecule has 4 nitrogen and oxygen atoms in total. The molecule has 0 saturated heterocycles. The van der Waals surface area contributed by atoms with Crippen LogP contribution in [-0.4, -0.2) is 24.2 Å².